The Morgan fingerprint density at radius 1 is 0.552 bits per heavy atom. The van der Waals surface area contributed by atoms with Crippen molar-refractivity contribution in [3.63, 3.8) is 0 Å². The zero-order chi connectivity index (χ0) is 20.6. The number of rotatable bonds is 9. The molecule has 0 aliphatic rings. The molecule has 0 fully saturated rings. The second-order valence-corrected chi connectivity index (χ2v) is 7.49. The van der Waals surface area contributed by atoms with E-state index in [0.717, 1.165) is 29.5 Å². The van der Waals surface area contributed by atoms with Crippen molar-refractivity contribution in [2.75, 3.05) is 0 Å². The minimum atomic E-state index is -0.432. The van der Waals surface area contributed by atoms with Crippen molar-refractivity contribution < 1.29 is 9.47 Å². The van der Waals surface area contributed by atoms with Crippen LogP contribution in [0.3, 0.4) is 0 Å². The predicted molar refractivity (Wildman–Crippen MR) is 120 cm³/mol. The zero-order valence-corrected chi connectivity index (χ0v) is 18.0. The van der Waals surface area contributed by atoms with E-state index in [0.29, 0.717) is 0 Å². The molecule has 3 aromatic carbocycles. The highest BCUT2D eigenvalue weighted by Gasteiger charge is 2.21. The normalized spacial score (nSPS) is 14.3. The van der Waals surface area contributed by atoms with Crippen molar-refractivity contribution in [3.05, 3.63) is 107 Å². The van der Waals surface area contributed by atoms with Gasteiger partial charge in [-0.1, -0.05) is 92.7 Å². The van der Waals surface area contributed by atoms with Gasteiger partial charge in [0.05, 0.1) is 12.2 Å². The highest BCUT2D eigenvalue weighted by molar-refractivity contribution is 5.25. The van der Waals surface area contributed by atoms with Crippen LogP contribution in [0.5, 0.6) is 0 Å². The first-order chi connectivity index (χ1) is 14.1. The van der Waals surface area contributed by atoms with E-state index in [1.54, 1.807) is 0 Å². The summed E-state index contributed by atoms with van der Waals surface area (Å²) in [4.78, 5) is 0. The lowest BCUT2D eigenvalue weighted by molar-refractivity contribution is -0.196. The molecule has 0 aliphatic carbocycles. The van der Waals surface area contributed by atoms with E-state index in [2.05, 4.69) is 88.4 Å². The van der Waals surface area contributed by atoms with E-state index in [1.165, 1.54) is 11.1 Å². The number of ether oxygens (including phenoxy) is 2. The average molecular weight is 389 g/mol. The highest BCUT2D eigenvalue weighted by atomic mass is 16.7. The quantitative estimate of drug-likeness (QED) is 0.356. The summed E-state index contributed by atoms with van der Waals surface area (Å²) in [5, 5.41) is 0. The summed E-state index contributed by atoms with van der Waals surface area (Å²) in [6.07, 6.45) is 1.51. The Morgan fingerprint density at radius 2 is 0.966 bits per heavy atom. The summed E-state index contributed by atoms with van der Waals surface area (Å²) >= 11 is 0. The van der Waals surface area contributed by atoms with Crippen LogP contribution in [0.2, 0.25) is 0 Å². The van der Waals surface area contributed by atoms with Gasteiger partial charge in [-0.2, -0.15) is 0 Å². The minimum Gasteiger partial charge on any atom is -0.341 e. The van der Waals surface area contributed by atoms with Gasteiger partial charge < -0.3 is 9.47 Å². The van der Waals surface area contributed by atoms with Crippen LogP contribution in [0.1, 0.15) is 74.0 Å². The van der Waals surface area contributed by atoms with E-state index in [1.807, 2.05) is 18.2 Å². The van der Waals surface area contributed by atoms with Crippen LogP contribution in [-0.2, 0) is 22.3 Å². The number of hydrogen-bond donors (Lipinski definition) is 0. The molecule has 3 aromatic rings. The number of aryl methyl sites for hydroxylation is 2. The van der Waals surface area contributed by atoms with Crippen molar-refractivity contribution >= 4 is 0 Å². The monoisotopic (exact) mass is 388 g/mol. The lowest BCUT2D eigenvalue weighted by Gasteiger charge is -2.27. The molecular weight excluding hydrogens is 356 g/mol. The lowest BCUT2D eigenvalue weighted by Crippen LogP contribution is -2.14. The van der Waals surface area contributed by atoms with E-state index in [9.17, 15) is 0 Å². The molecule has 0 heterocycles. The van der Waals surface area contributed by atoms with E-state index >= 15 is 0 Å². The molecule has 0 saturated carbocycles. The molecule has 0 aliphatic heterocycles. The summed E-state index contributed by atoms with van der Waals surface area (Å²) in [5.74, 6) is 0. The molecule has 0 bridgehead atoms. The van der Waals surface area contributed by atoms with Gasteiger partial charge in [0.1, 0.15) is 0 Å². The maximum absolute atomic E-state index is 6.41. The maximum atomic E-state index is 6.41. The van der Waals surface area contributed by atoms with Gasteiger partial charge >= 0.3 is 0 Å². The van der Waals surface area contributed by atoms with Gasteiger partial charge in [-0.3, -0.25) is 0 Å². The van der Waals surface area contributed by atoms with Crippen molar-refractivity contribution in [3.8, 4) is 0 Å². The molecule has 0 spiro atoms. The Balaban J connectivity index is 1.76. The van der Waals surface area contributed by atoms with Gasteiger partial charge in [0, 0.05) is 5.56 Å². The topological polar surface area (TPSA) is 18.5 Å². The Morgan fingerprint density at radius 3 is 1.34 bits per heavy atom. The van der Waals surface area contributed by atoms with E-state index in [-0.39, 0.29) is 12.2 Å². The maximum Gasteiger partial charge on any atom is 0.185 e. The first-order valence-electron chi connectivity index (χ1n) is 10.6. The molecule has 29 heavy (non-hydrogen) atoms. The van der Waals surface area contributed by atoms with Crippen LogP contribution in [0.25, 0.3) is 0 Å². The zero-order valence-electron chi connectivity index (χ0n) is 18.0. The molecule has 2 unspecified atom stereocenters. The van der Waals surface area contributed by atoms with E-state index in [4.69, 9.17) is 9.47 Å². The van der Waals surface area contributed by atoms with Crippen molar-refractivity contribution in [1.82, 2.24) is 0 Å². The molecule has 0 N–H and O–H groups in total. The molecule has 152 valence electrons. The third-order valence-electron chi connectivity index (χ3n) is 5.44. The van der Waals surface area contributed by atoms with Gasteiger partial charge in [0.25, 0.3) is 0 Å². The van der Waals surface area contributed by atoms with Crippen LogP contribution in [0.15, 0.2) is 78.9 Å². The van der Waals surface area contributed by atoms with Crippen LogP contribution < -0.4 is 0 Å². The Hall–Kier alpha value is -2.42. The fourth-order valence-corrected chi connectivity index (χ4v) is 3.38. The second kappa shape index (κ2) is 10.4. The van der Waals surface area contributed by atoms with Gasteiger partial charge in [0.15, 0.2) is 6.29 Å². The third kappa shape index (κ3) is 5.79. The molecule has 3 rings (SSSR count). The molecule has 2 atom stereocenters. The molecule has 0 saturated heterocycles. The van der Waals surface area contributed by atoms with Crippen LogP contribution in [0, 0.1) is 0 Å². The summed E-state index contributed by atoms with van der Waals surface area (Å²) in [6.45, 7) is 8.51. The second-order valence-electron chi connectivity index (χ2n) is 7.49. The molecule has 2 heteroatoms. The Kier molecular flexibility index (Phi) is 7.62. The molecule has 0 aromatic heterocycles. The van der Waals surface area contributed by atoms with Crippen LogP contribution in [0.4, 0.5) is 0 Å². The Bertz CT molecular complexity index is 798. The van der Waals surface area contributed by atoms with Gasteiger partial charge in [-0.05, 0) is 48.9 Å². The smallest absolute Gasteiger partial charge is 0.185 e. The van der Waals surface area contributed by atoms with Gasteiger partial charge in [-0.25, -0.2) is 0 Å². The summed E-state index contributed by atoms with van der Waals surface area (Å²) < 4.78 is 12.8. The van der Waals surface area contributed by atoms with Crippen molar-refractivity contribution in [1.29, 1.82) is 0 Å². The first kappa shape index (κ1) is 21.3. The highest BCUT2D eigenvalue weighted by Crippen LogP contribution is 2.32. The summed E-state index contributed by atoms with van der Waals surface area (Å²) in [7, 11) is 0. The van der Waals surface area contributed by atoms with Crippen LogP contribution in [-0.4, -0.2) is 0 Å². The summed E-state index contributed by atoms with van der Waals surface area (Å²) in [5.41, 5.74) is 6.02. The fraction of sp³-hybridized carbons (Fsp3) is 0.333. The molecule has 2 nitrogen and oxygen atoms in total. The molecule has 0 radical (unpaired) electrons. The lowest BCUT2D eigenvalue weighted by atomic mass is 10.1. The van der Waals surface area contributed by atoms with E-state index < -0.39 is 6.29 Å². The van der Waals surface area contributed by atoms with Crippen molar-refractivity contribution in [2.24, 2.45) is 0 Å². The van der Waals surface area contributed by atoms with Crippen LogP contribution >= 0.6 is 0 Å². The number of hydrogen-bond acceptors (Lipinski definition) is 2. The first-order valence-corrected chi connectivity index (χ1v) is 10.6. The van der Waals surface area contributed by atoms with Gasteiger partial charge in [-0.15, -0.1) is 0 Å². The minimum absolute atomic E-state index is 0.0687. The predicted octanol–water partition coefficient (Wildman–Crippen LogP) is 7.37. The fourth-order valence-electron chi connectivity index (χ4n) is 3.38. The number of benzene rings is 3. The van der Waals surface area contributed by atoms with Crippen molar-refractivity contribution in [2.45, 2.75) is 59.0 Å². The molecular formula is C27H32O2. The summed E-state index contributed by atoms with van der Waals surface area (Å²) in [6, 6.07) is 27.5. The van der Waals surface area contributed by atoms with Gasteiger partial charge in [0.2, 0.25) is 0 Å². The third-order valence-corrected chi connectivity index (χ3v) is 5.44. The molecule has 0 amide bonds. The standard InChI is InChI=1S/C27H32O2/c1-5-22-12-16-24(17-13-22)20(3)28-27(26-10-8-7-9-11-26)29-21(4)25-18-14-23(6-2)15-19-25/h7-21,27H,5-6H2,1-4H3. The SMILES string of the molecule is CCc1ccc(C(C)OC(OC(C)c2ccc(CC)cc2)c2ccccc2)cc1. The largest absolute Gasteiger partial charge is 0.341 e. The Labute approximate surface area is 175 Å². The average Bonchev–Trinajstić information content (AvgIpc) is 2.79.